The molecule has 2 N–H and O–H groups in total. The van der Waals surface area contributed by atoms with Crippen LogP contribution in [0.3, 0.4) is 0 Å². The fraction of sp³-hybridized carbons (Fsp3) is 0.538. The van der Waals surface area contributed by atoms with Crippen molar-refractivity contribution in [1.82, 2.24) is 9.88 Å². The Morgan fingerprint density at radius 2 is 1.94 bits per heavy atom. The van der Waals surface area contributed by atoms with Gasteiger partial charge < -0.3 is 15.5 Å². The average molecular weight is 266 g/mol. The molecule has 18 heavy (non-hydrogen) atoms. The van der Waals surface area contributed by atoms with Crippen molar-refractivity contribution < 1.29 is 0 Å². The fourth-order valence-electron chi connectivity index (χ4n) is 1.76. The highest BCUT2D eigenvalue weighted by atomic mass is 32.1. The van der Waals surface area contributed by atoms with Gasteiger partial charge in [0.05, 0.1) is 5.56 Å². The van der Waals surface area contributed by atoms with E-state index in [1.165, 1.54) is 0 Å². The molecule has 0 aliphatic heterocycles. The molecule has 1 heterocycles. The van der Waals surface area contributed by atoms with E-state index >= 15 is 0 Å². The summed E-state index contributed by atoms with van der Waals surface area (Å²) >= 11 is 5.07. The number of pyridine rings is 1. The first kappa shape index (κ1) is 14.9. The second-order valence-corrected chi connectivity index (χ2v) is 5.21. The monoisotopic (exact) mass is 266 g/mol. The molecule has 4 nitrogen and oxygen atoms in total. The normalized spacial score (nSPS) is 10.7. The van der Waals surface area contributed by atoms with Crippen molar-refractivity contribution in [2.24, 2.45) is 5.73 Å². The van der Waals surface area contributed by atoms with E-state index in [0.717, 1.165) is 36.6 Å². The number of aryl methyl sites for hydroxylation is 1. The molecular weight excluding hydrogens is 244 g/mol. The second-order valence-electron chi connectivity index (χ2n) is 4.77. The number of thiocarbonyl (C=S) groups is 1. The summed E-state index contributed by atoms with van der Waals surface area (Å²) in [6.45, 7) is 3.96. The highest BCUT2D eigenvalue weighted by Gasteiger charge is 2.11. The van der Waals surface area contributed by atoms with Crippen molar-refractivity contribution >= 4 is 23.0 Å². The summed E-state index contributed by atoms with van der Waals surface area (Å²) in [5.41, 5.74) is 7.56. The van der Waals surface area contributed by atoms with Gasteiger partial charge in [0.2, 0.25) is 0 Å². The summed E-state index contributed by atoms with van der Waals surface area (Å²) in [5.74, 6) is 0.876. The topological polar surface area (TPSA) is 45.4 Å². The predicted molar refractivity (Wildman–Crippen MR) is 81.3 cm³/mol. The van der Waals surface area contributed by atoms with Crippen LogP contribution in [0.15, 0.2) is 12.1 Å². The van der Waals surface area contributed by atoms with Gasteiger partial charge in [-0.05, 0) is 46.1 Å². The minimum Gasteiger partial charge on any atom is -0.389 e. The minimum atomic E-state index is 0.400. The van der Waals surface area contributed by atoms with Crippen LogP contribution < -0.4 is 10.6 Å². The first-order chi connectivity index (χ1) is 8.41. The number of hydrogen-bond acceptors (Lipinski definition) is 4. The molecule has 5 heteroatoms. The third-order valence-corrected chi connectivity index (χ3v) is 2.96. The van der Waals surface area contributed by atoms with Crippen LogP contribution in [0.25, 0.3) is 0 Å². The molecule has 0 radical (unpaired) electrons. The Hall–Kier alpha value is -1.20. The van der Waals surface area contributed by atoms with E-state index in [-0.39, 0.29) is 0 Å². The van der Waals surface area contributed by atoms with E-state index in [4.69, 9.17) is 18.0 Å². The van der Waals surface area contributed by atoms with Gasteiger partial charge in [-0.3, -0.25) is 0 Å². The van der Waals surface area contributed by atoms with Crippen LogP contribution in [-0.2, 0) is 0 Å². The Morgan fingerprint density at radius 1 is 1.28 bits per heavy atom. The molecule has 0 saturated heterocycles. The highest BCUT2D eigenvalue weighted by molar-refractivity contribution is 7.80. The van der Waals surface area contributed by atoms with Crippen molar-refractivity contribution in [2.75, 3.05) is 39.1 Å². The Kier molecular flexibility index (Phi) is 5.50. The summed E-state index contributed by atoms with van der Waals surface area (Å²) in [6.07, 6.45) is 1.08. The lowest BCUT2D eigenvalue weighted by molar-refractivity contribution is 0.401. The van der Waals surface area contributed by atoms with E-state index in [0.29, 0.717) is 4.99 Å². The van der Waals surface area contributed by atoms with Gasteiger partial charge >= 0.3 is 0 Å². The Balaban J connectivity index is 2.80. The third kappa shape index (κ3) is 4.23. The summed E-state index contributed by atoms with van der Waals surface area (Å²) in [7, 11) is 6.18. The van der Waals surface area contributed by atoms with Crippen LogP contribution in [0.2, 0.25) is 0 Å². The van der Waals surface area contributed by atoms with Crippen molar-refractivity contribution in [2.45, 2.75) is 13.3 Å². The second kappa shape index (κ2) is 6.66. The molecule has 0 unspecified atom stereocenters. The summed E-state index contributed by atoms with van der Waals surface area (Å²) < 4.78 is 0. The zero-order valence-corrected chi connectivity index (χ0v) is 12.4. The predicted octanol–water partition coefficient (Wildman–Crippen LogP) is 1.41. The number of anilines is 1. The zero-order valence-electron chi connectivity index (χ0n) is 11.6. The van der Waals surface area contributed by atoms with E-state index in [2.05, 4.69) is 28.9 Å². The SMILES string of the molecule is Cc1ccc(C(N)=S)c(N(C)CCCN(C)C)n1. The number of hydrogen-bond donors (Lipinski definition) is 1. The quantitative estimate of drug-likeness (QED) is 0.789. The Labute approximate surface area is 115 Å². The van der Waals surface area contributed by atoms with E-state index in [9.17, 15) is 0 Å². The van der Waals surface area contributed by atoms with Gasteiger partial charge in [0.25, 0.3) is 0 Å². The number of rotatable bonds is 6. The average Bonchev–Trinajstić information content (AvgIpc) is 2.27. The van der Waals surface area contributed by atoms with Crippen molar-refractivity contribution in [3.63, 3.8) is 0 Å². The van der Waals surface area contributed by atoms with Gasteiger partial charge in [0, 0.05) is 19.3 Å². The first-order valence-corrected chi connectivity index (χ1v) is 6.46. The van der Waals surface area contributed by atoms with Crippen LogP contribution in [0.1, 0.15) is 17.7 Å². The van der Waals surface area contributed by atoms with Crippen LogP contribution in [0, 0.1) is 6.92 Å². The molecule has 0 aliphatic rings. The van der Waals surface area contributed by atoms with Gasteiger partial charge in [-0.15, -0.1) is 0 Å². The maximum atomic E-state index is 5.74. The van der Waals surface area contributed by atoms with Gasteiger partial charge in [0.15, 0.2) is 0 Å². The molecule has 0 saturated carbocycles. The zero-order chi connectivity index (χ0) is 13.7. The van der Waals surface area contributed by atoms with Crippen LogP contribution in [0.5, 0.6) is 0 Å². The van der Waals surface area contributed by atoms with Crippen LogP contribution in [-0.4, -0.2) is 49.1 Å². The molecule has 0 bridgehead atoms. The maximum Gasteiger partial charge on any atom is 0.138 e. The van der Waals surface area contributed by atoms with E-state index in [1.807, 2.05) is 26.1 Å². The lowest BCUT2D eigenvalue weighted by Crippen LogP contribution is -2.27. The molecule has 0 amide bonds. The molecule has 1 rings (SSSR count). The number of nitrogens with two attached hydrogens (primary N) is 1. The van der Waals surface area contributed by atoms with E-state index in [1.54, 1.807) is 0 Å². The molecule has 100 valence electrons. The Bertz CT molecular complexity index is 417. The molecule has 1 aromatic heterocycles. The molecule has 0 atom stereocenters. The van der Waals surface area contributed by atoms with E-state index < -0.39 is 0 Å². The largest absolute Gasteiger partial charge is 0.389 e. The van der Waals surface area contributed by atoms with Gasteiger partial charge in [-0.2, -0.15) is 0 Å². The number of aromatic nitrogens is 1. The molecule has 0 fully saturated rings. The summed E-state index contributed by atoms with van der Waals surface area (Å²) in [4.78, 5) is 9.23. The van der Waals surface area contributed by atoms with Gasteiger partial charge in [-0.1, -0.05) is 12.2 Å². The molecule has 1 aromatic rings. The smallest absolute Gasteiger partial charge is 0.138 e. The minimum absolute atomic E-state index is 0.400. The standard InChI is InChI=1S/C13H22N4S/c1-10-6-7-11(12(14)18)13(15-10)17(4)9-5-8-16(2)3/h6-7H,5,8-9H2,1-4H3,(H2,14,18). The van der Waals surface area contributed by atoms with Crippen molar-refractivity contribution in [3.05, 3.63) is 23.4 Å². The molecule has 0 spiro atoms. The molecular formula is C13H22N4S. The summed E-state index contributed by atoms with van der Waals surface area (Å²) in [5, 5.41) is 0. The van der Waals surface area contributed by atoms with Gasteiger partial charge in [0.1, 0.15) is 10.8 Å². The fourth-order valence-corrected chi connectivity index (χ4v) is 1.92. The summed E-state index contributed by atoms with van der Waals surface area (Å²) in [6, 6.07) is 3.88. The van der Waals surface area contributed by atoms with Gasteiger partial charge in [-0.25, -0.2) is 4.98 Å². The third-order valence-electron chi connectivity index (χ3n) is 2.74. The number of nitrogens with zero attached hydrogens (tertiary/aromatic N) is 3. The Morgan fingerprint density at radius 3 is 2.50 bits per heavy atom. The molecule has 0 aliphatic carbocycles. The maximum absolute atomic E-state index is 5.74. The van der Waals surface area contributed by atoms with Crippen molar-refractivity contribution in [3.8, 4) is 0 Å². The van der Waals surface area contributed by atoms with Crippen LogP contribution >= 0.6 is 12.2 Å². The lowest BCUT2D eigenvalue weighted by Gasteiger charge is -2.22. The lowest BCUT2D eigenvalue weighted by atomic mass is 10.2. The highest BCUT2D eigenvalue weighted by Crippen LogP contribution is 2.17. The molecule has 0 aromatic carbocycles. The van der Waals surface area contributed by atoms with Crippen molar-refractivity contribution in [1.29, 1.82) is 0 Å². The van der Waals surface area contributed by atoms with Crippen LogP contribution in [0.4, 0.5) is 5.82 Å². The first-order valence-electron chi connectivity index (χ1n) is 6.05.